The number of rotatable bonds is 7. The Bertz CT molecular complexity index is 1240. The van der Waals surface area contributed by atoms with Gasteiger partial charge in [0.25, 0.3) is 11.9 Å². The highest BCUT2D eigenvalue weighted by atomic mass is 16.5. The fourth-order valence-corrected chi connectivity index (χ4v) is 4.12. The quantitative estimate of drug-likeness (QED) is 0.251. The monoisotopic (exact) mass is 502 g/mol. The SMILES string of the molecule is COCCN1CCCN/C1=C(\C=N)C(=N)OC(=N)NC1N=C(c2ccccc2)c2ccccc2NC1=O. The van der Waals surface area contributed by atoms with E-state index in [9.17, 15) is 4.79 Å². The normalized spacial score (nSPS) is 18.3. The zero-order valence-corrected chi connectivity index (χ0v) is 20.5. The van der Waals surface area contributed by atoms with Gasteiger partial charge in [0.05, 0.1) is 23.6 Å². The Morgan fingerprint density at radius 2 is 1.95 bits per heavy atom. The van der Waals surface area contributed by atoms with Crippen LogP contribution in [0.3, 0.4) is 0 Å². The number of nitrogens with one attached hydrogen (secondary N) is 6. The lowest BCUT2D eigenvalue weighted by atomic mass is 10.0. The van der Waals surface area contributed by atoms with Crippen molar-refractivity contribution < 1.29 is 14.3 Å². The molecule has 0 radical (unpaired) electrons. The van der Waals surface area contributed by atoms with Crippen LogP contribution in [0.15, 0.2) is 71.0 Å². The molecular formula is C26H30N8O3. The fourth-order valence-electron chi connectivity index (χ4n) is 4.12. The number of fused-ring (bicyclic) bond motifs is 1. The van der Waals surface area contributed by atoms with Crippen LogP contribution in [-0.4, -0.2) is 74.2 Å². The molecule has 2 aliphatic rings. The van der Waals surface area contributed by atoms with E-state index in [-0.39, 0.29) is 5.57 Å². The Hall–Kier alpha value is -4.51. The molecule has 1 saturated heterocycles. The Labute approximate surface area is 215 Å². The minimum Gasteiger partial charge on any atom is -0.407 e. The van der Waals surface area contributed by atoms with Crippen molar-refractivity contribution in [1.82, 2.24) is 15.5 Å². The van der Waals surface area contributed by atoms with Gasteiger partial charge in [0.15, 0.2) is 0 Å². The maximum Gasteiger partial charge on any atom is 0.290 e. The number of carbonyl (C=O) groups excluding carboxylic acids is 1. The Morgan fingerprint density at radius 3 is 2.70 bits per heavy atom. The van der Waals surface area contributed by atoms with Gasteiger partial charge in [-0.2, -0.15) is 0 Å². The first kappa shape index (κ1) is 25.6. The van der Waals surface area contributed by atoms with E-state index in [1.54, 1.807) is 13.2 Å². The maximum absolute atomic E-state index is 13.0. The van der Waals surface area contributed by atoms with Crippen molar-refractivity contribution in [3.05, 3.63) is 77.1 Å². The van der Waals surface area contributed by atoms with Crippen LogP contribution in [0.5, 0.6) is 0 Å². The number of benzodiazepines with no additional fused rings is 1. The van der Waals surface area contributed by atoms with Gasteiger partial charge >= 0.3 is 0 Å². The molecule has 11 heteroatoms. The van der Waals surface area contributed by atoms with E-state index in [1.807, 2.05) is 53.4 Å². The molecule has 0 bridgehead atoms. The van der Waals surface area contributed by atoms with Crippen LogP contribution in [0.4, 0.5) is 5.69 Å². The molecule has 6 N–H and O–H groups in total. The van der Waals surface area contributed by atoms with E-state index in [0.717, 1.165) is 30.3 Å². The van der Waals surface area contributed by atoms with Gasteiger partial charge in [-0.1, -0.05) is 48.5 Å². The molecule has 0 spiro atoms. The smallest absolute Gasteiger partial charge is 0.290 e. The molecule has 1 unspecified atom stereocenters. The average Bonchev–Trinajstić information content (AvgIpc) is 3.05. The van der Waals surface area contributed by atoms with Crippen molar-refractivity contribution >= 4 is 35.4 Å². The van der Waals surface area contributed by atoms with Gasteiger partial charge in [-0.15, -0.1) is 0 Å². The third kappa shape index (κ3) is 6.01. The molecule has 2 heterocycles. The number of aliphatic imine (C=N–C) groups is 1. The largest absolute Gasteiger partial charge is 0.407 e. The van der Waals surface area contributed by atoms with Crippen molar-refractivity contribution in [3.8, 4) is 0 Å². The summed E-state index contributed by atoms with van der Waals surface area (Å²) in [5.74, 6) is -0.296. The van der Waals surface area contributed by atoms with Gasteiger partial charge in [0.2, 0.25) is 12.1 Å². The summed E-state index contributed by atoms with van der Waals surface area (Å²) in [5, 5.41) is 33.3. The second kappa shape index (κ2) is 12.0. The van der Waals surface area contributed by atoms with Gasteiger partial charge in [0.1, 0.15) is 5.82 Å². The van der Waals surface area contributed by atoms with Crippen molar-refractivity contribution in [2.45, 2.75) is 12.6 Å². The summed E-state index contributed by atoms with van der Waals surface area (Å²) in [6.07, 6.45) is 0.749. The Kier molecular flexibility index (Phi) is 8.26. The molecule has 0 aromatic heterocycles. The number of nitrogens with zero attached hydrogens (tertiary/aromatic N) is 2. The van der Waals surface area contributed by atoms with Crippen LogP contribution in [0, 0.1) is 16.2 Å². The standard InChI is InChI=1S/C26H30N8O3/c1-36-15-14-34-13-7-12-30-24(34)19(16-27)22(28)37-26(29)33-23-25(35)31-20-11-6-5-10-18(20)21(32-23)17-8-3-2-4-9-17/h2-6,8-11,16,23,27-28,30H,7,12-15H2,1H3,(H2,29,33)(H,31,35)/b24-19-,27-16?,28-22?. The minimum atomic E-state index is -1.18. The predicted octanol–water partition coefficient (Wildman–Crippen LogP) is 2.12. The predicted molar refractivity (Wildman–Crippen MR) is 142 cm³/mol. The van der Waals surface area contributed by atoms with E-state index in [2.05, 4.69) is 20.9 Å². The summed E-state index contributed by atoms with van der Waals surface area (Å²) in [7, 11) is 1.62. The van der Waals surface area contributed by atoms with Gasteiger partial charge in [-0.25, -0.2) is 4.99 Å². The van der Waals surface area contributed by atoms with Crippen LogP contribution in [0.1, 0.15) is 17.5 Å². The fraction of sp³-hybridized carbons (Fsp3) is 0.269. The molecule has 11 nitrogen and oxygen atoms in total. The molecule has 192 valence electrons. The molecule has 4 rings (SSSR count). The van der Waals surface area contributed by atoms with Crippen LogP contribution < -0.4 is 16.0 Å². The first-order chi connectivity index (χ1) is 18.0. The van der Waals surface area contributed by atoms with Gasteiger partial charge in [-0.05, 0) is 12.5 Å². The third-order valence-corrected chi connectivity index (χ3v) is 5.89. The number of amidine groups is 1. The summed E-state index contributed by atoms with van der Waals surface area (Å²) in [4.78, 5) is 19.6. The summed E-state index contributed by atoms with van der Waals surface area (Å²) >= 11 is 0. The molecule has 1 fully saturated rings. The first-order valence-corrected chi connectivity index (χ1v) is 11.9. The Morgan fingerprint density at radius 1 is 1.19 bits per heavy atom. The van der Waals surface area contributed by atoms with Crippen molar-refractivity contribution in [1.29, 1.82) is 16.2 Å². The topological polar surface area (TPSA) is 159 Å². The summed E-state index contributed by atoms with van der Waals surface area (Å²) < 4.78 is 10.6. The number of anilines is 1. The highest BCUT2D eigenvalue weighted by molar-refractivity contribution is 6.20. The number of hydrogen-bond donors (Lipinski definition) is 6. The highest BCUT2D eigenvalue weighted by Gasteiger charge is 2.28. The van der Waals surface area contributed by atoms with Crippen LogP contribution >= 0.6 is 0 Å². The van der Waals surface area contributed by atoms with Crippen LogP contribution in [0.25, 0.3) is 0 Å². The average molecular weight is 503 g/mol. The first-order valence-electron chi connectivity index (χ1n) is 11.9. The number of methoxy groups -OCH3 is 1. The molecule has 2 aliphatic heterocycles. The van der Waals surface area contributed by atoms with Crippen LogP contribution in [-0.2, 0) is 14.3 Å². The van der Waals surface area contributed by atoms with Crippen molar-refractivity contribution in [3.63, 3.8) is 0 Å². The zero-order valence-electron chi connectivity index (χ0n) is 20.5. The number of benzene rings is 2. The molecule has 1 atom stereocenters. The second-order valence-electron chi connectivity index (χ2n) is 8.35. The lowest BCUT2D eigenvalue weighted by molar-refractivity contribution is -0.117. The van der Waals surface area contributed by atoms with Crippen molar-refractivity contribution in [2.24, 2.45) is 4.99 Å². The lowest BCUT2D eigenvalue weighted by Gasteiger charge is -2.33. The second-order valence-corrected chi connectivity index (χ2v) is 8.35. The third-order valence-electron chi connectivity index (χ3n) is 5.89. The van der Waals surface area contributed by atoms with Gasteiger partial charge < -0.3 is 35.7 Å². The number of amides is 1. The minimum absolute atomic E-state index is 0.188. The summed E-state index contributed by atoms with van der Waals surface area (Å²) in [6, 6.07) is 16.3. The molecule has 2 aromatic rings. The zero-order chi connectivity index (χ0) is 26.2. The van der Waals surface area contributed by atoms with Crippen LogP contribution in [0.2, 0.25) is 0 Å². The molecule has 1 amide bonds. The number of para-hydroxylation sites is 1. The van der Waals surface area contributed by atoms with Gasteiger partial charge in [-0.3, -0.25) is 15.6 Å². The lowest BCUT2D eigenvalue weighted by Crippen LogP contribution is -2.45. The summed E-state index contributed by atoms with van der Waals surface area (Å²) in [5.41, 5.74) is 2.94. The molecule has 2 aromatic carbocycles. The number of ether oxygens (including phenoxy) is 2. The molecule has 0 aliphatic carbocycles. The van der Waals surface area contributed by atoms with E-state index in [0.29, 0.717) is 36.9 Å². The van der Waals surface area contributed by atoms with E-state index >= 15 is 0 Å². The highest BCUT2D eigenvalue weighted by Crippen LogP contribution is 2.23. The molecular weight excluding hydrogens is 472 g/mol. The Balaban J connectivity index is 1.55. The van der Waals surface area contributed by atoms with E-state index in [4.69, 9.17) is 25.7 Å². The van der Waals surface area contributed by atoms with Gasteiger partial charge in [0, 0.05) is 44.1 Å². The van der Waals surface area contributed by atoms with E-state index in [1.165, 1.54) is 0 Å². The van der Waals surface area contributed by atoms with Crippen molar-refractivity contribution in [2.75, 3.05) is 38.7 Å². The maximum atomic E-state index is 13.0. The summed E-state index contributed by atoms with van der Waals surface area (Å²) in [6.45, 7) is 2.51. The molecule has 0 saturated carbocycles. The number of hydrogen-bond acceptors (Lipinski definition) is 9. The molecule has 37 heavy (non-hydrogen) atoms. The van der Waals surface area contributed by atoms with E-state index < -0.39 is 24.0 Å². The number of carbonyl (C=O) groups is 1.